The Morgan fingerprint density at radius 2 is 1.82 bits per heavy atom. The number of aliphatic imine (C=N–C) groups is 1. The van der Waals surface area contributed by atoms with Crippen molar-refractivity contribution in [2.24, 2.45) is 28.1 Å². The number of aliphatic hydroxyl groups excluding tert-OH is 1. The lowest BCUT2D eigenvalue weighted by Crippen LogP contribution is -2.60. The summed E-state index contributed by atoms with van der Waals surface area (Å²) in [6, 6.07) is -4.24. The molecule has 1 aliphatic rings. The third kappa shape index (κ3) is 8.45. The van der Waals surface area contributed by atoms with Gasteiger partial charge in [0.25, 0.3) is 0 Å². The second-order valence-corrected chi connectivity index (χ2v) is 8.68. The summed E-state index contributed by atoms with van der Waals surface area (Å²) in [5.41, 5.74) is 16.4. The number of nitrogens with one attached hydrogen (secondary N) is 2. The van der Waals surface area contributed by atoms with E-state index in [1.165, 1.54) is 11.8 Å². The molecule has 6 atom stereocenters. The molecule has 0 bridgehead atoms. The number of aliphatic carboxylic acids is 1. The summed E-state index contributed by atoms with van der Waals surface area (Å²) in [6.07, 6.45) is 0.691. The van der Waals surface area contributed by atoms with Crippen molar-refractivity contribution >= 4 is 29.7 Å². The molecule has 0 aromatic rings. The quantitative estimate of drug-likeness (QED) is 0.0854. The van der Waals surface area contributed by atoms with Crippen LogP contribution in [0, 0.1) is 5.92 Å². The van der Waals surface area contributed by atoms with E-state index in [2.05, 4.69) is 15.6 Å². The number of rotatable bonds is 13. The summed E-state index contributed by atoms with van der Waals surface area (Å²) < 4.78 is 0. The standard InChI is InChI=1S/C21H39N7O6/c1-4-11(2)15(22)18(31)27-16(12(3)29)19(32)28-10-6-8-14(28)17(30)26-13(20(33)34)7-5-9-25-21(23)24/h11-16,29H,4-10,22H2,1-3H3,(H,26,30)(H,27,31)(H,33,34)(H4,23,24,25). The van der Waals surface area contributed by atoms with Crippen molar-refractivity contribution in [3.63, 3.8) is 0 Å². The van der Waals surface area contributed by atoms with E-state index in [0.717, 1.165) is 0 Å². The Bertz CT molecular complexity index is 756. The molecule has 13 heteroatoms. The molecule has 0 aliphatic carbocycles. The summed E-state index contributed by atoms with van der Waals surface area (Å²) >= 11 is 0. The third-order valence-electron chi connectivity index (χ3n) is 6.00. The summed E-state index contributed by atoms with van der Waals surface area (Å²) in [5.74, 6) is -3.28. The molecule has 1 rings (SSSR count). The molecule has 13 nitrogen and oxygen atoms in total. The molecule has 0 saturated carbocycles. The van der Waals surface area contributed by atoms with Crippen molar-refractivity contribution in [1.82, 2.24) is 15.5 Å². The molecule has 3 amide bonds. The summed E-state index contributed by atoms with van der Waals surface area (Å²) in [7, 11) is 0. The Labute approximate surface area is 199 Å². The molecule has 1 aliphatic heterocycles. The summed E-state index contributed by atoms with van der Waals surface area (Å²) in [5, 5.41) is 24.6. The maximum absolute atomic E-state index is 13.2. The van der Waals surface area contributed by atoms with Crippen LogP contribution in [0.2, 0.25) is 0 Å². The molecule has 0 aromatic carbocycles. The van der Waals surface area contributed by atoms with Gasteiger partial charge in [-0.1, -0.05) is 20.3 Å². The molecule has 1 fully saturated rings. The number of guanidine groups is 1. The second-order valence-electron chi connectivity index (χ2n) is 8.68. The molecule has 0 spiro atoms. The third-order valence-corrected chi connectivity index (χ3v) is 6.00. The van der Waals surface area contributed by atoms with E-state index in [1.54, 1.807) is 6.92 Å². The van der Waals surface area contributed by atoms with Crippen molar-refractivity contribution in [1.29, 1.82) is 0 Å². The van der Waals surface area contributed by atoms with Gasteiger partial charge in [-0.3, -0.25) is 19.4 Å². The number of amides is 3. The smallest absolute Gasteiger partial charge is 0.326 e. The van der Waals surface area contributed by atoms with Gasteiger partial charge >= 0.3 is 5.97 Å². The number of nitrogens with two attached hydrogens (primary N) is 3. The Morgan fingerprint density at radius 3 is 2.35 bits per heavy atom. The van der Waals surface area contributed by atoms with Crippen molar-refractivity contribution in [2.45, 2.75) is 83.1 Å². The average Bonchev–Trinajstić information content (AvgIpc) is 3.27. The van der Waals surface area contributed by atoms with Gasteiger partial charge in [-0.25, -0.2) is 4.79 Å². The predicted octanol–water partition coefficient (Wildman–Crippen LogP) is -2.16. The Kier molecular flexibility index (Phi) is 11.7. The number of carbonyl (C=O) groups is 4. The van der Waals surface area contributed by atoms with E-state index < -0.39 is 54.0 Å². The highest BCUT2D eigenvalue weighted by Gasteiger charge is 2.40. The van der Waals surface area contributed by atoms with Crippen molar-refractivity contribution in [3.8, 4) is 0 Å². The first-order chi connectivity index (χ1) is 15.9. The van der Waals surface area contributed by atoms with Gasteiger partial charge in [0.15, 0.2) is 5.96 Å². The van der Waals surface area contributed by atoms with Crippen LogP contribution in [0.1, 0.15) is 52.9 Å². The molecule has 34 heavy (non-hydrogen) atoms. The molecule has 0 aromatic heterocycles. The highest BCUT2D eigenvalue weighted by Crippen LogP contribution is 2.20. The maximum Gasteiger partial charge on any atom is 0.326 e. The molecule has 194 valence electrons. The highest BCUT2D eigenvalue weighted by atomic mass is 16.4. The van der Waals surface area contributed by atoms with Crippen LogP contribution in [-0.2, 0) is 19.2 Å². The molecule has 6 unspecified atom stereocenters. The van der Waals surface area contributed by atoms with Gasteiger partial charge in [-0.2, -0.15) is 0 Å². The first kappa shape index (κ1) is 29.1. The average molecular weight is 486 g/mol. The Hall–Kier alpha value is -2.93. The van der Waals surface area contributed by atoms with E-state index >= 15 is 0 Å². The lowest BCUT2D eigenvalue weighted by Gasteiger charge is -2.31. The van der Waals surface area contributed by atoms with Gasteiger partial charge in [0.1, 0.15) is 18.1 Å². The van der Waals surface area contributed by atoms with Gasteiger partial charge in [0.2, 0.25) is 17.7 Å². The van der Waals surface area contributed by atoms with Crippen LogP contribution in [0.4, 0.5) is 0 Å². The van der Waals surface area contributed by atoms with E-state index in [1.807, 2.05) is 6.92 Å². The van der Waals surface area contributed by atoms with E-state index in [-0.39, 0.29) is 31.4 Å². The minimum atomic E-state index is -1.29. The number of carboxylic acids is 1. The van der Waals surface area contributed by atoms with Crippen LogP contribution in [0.3, 0.4) is 0 Å². The molecule has 0 radical (unpaired) electrons. The van der Waals surface area contributed by atoms with Crippen LogP contribution < -0.4 is 27.8 Å². The largest absolute Gasteiger partial charge is 0.480 e. The number of likely N-dealkylation sites (tertiary alicyclic amines) is 1. The van der Waals surface area contributed by atoms with Crippen molar-refractivity contribution in [3.05, 3.63) is 0 Å². The van der Waals surface area contributed by atoms with Gasteiger partial charge in [-0.15, -0.1) is 0 Å². The van der Waals surface area contributed by atoms with Crippen molar-refractivity contribution < 1.29 is 29.4 Å². The summed E-state index contributed by atoms with van der Waals surface area (Å²) in [6.45, 7) is 5.49. The zero-order chi connectivity index (χ0) is 26.0. The van der Waals surface area contributed by atoms with Crippen LogP contribution in [0.25, 0.3) is 0 Å². The molecule has 10 N–H and O–H groups in total. The zero-order valence-electron chi connectivity index (χ0n) is 20.1. The number of hydrogen-bond donors (Lipinski definition) is 7. The first-order valence-corrected chi connectivity index (χ1v) is 11.5. The number of hydrogen-bond acceptors (Lipinski definition) is 7. The Balaban J connectivity index is 2.87. The van der Waals surface area contributed by atoms with E-state index in [0.29, 0.717) is 25.7 Å². The van der Waals surface area contributed by atoms with Gasteiger partial charge in [0.05, 0.1) is 12.1 Å². The van der Waals surface area contributed by atoms with Crippen LogP contribution in [0.5, 0.6) is 0 Å². The Morgan fingerprint density at radius 1 is 1.18 bits per heavy atom. The fraction of sp³-hybridized carbons (Fsp3) is 0.762. The highest BCUT2D eigenvalue weighted by molar-refractivity contribution is 5.94. The first-order valence-electron chi connectivity index (χ1n) is 11.5. The second kappa shape index (κ2) is 13.7. The van der Waals surface area contributed by atoms with E-state index in [9.17, 15) is 29.4 Å². The minimum absolute atomic E-state index is 0.0956. The van der Waals surface area contributed by atoms with Gasteiger partial charge in [0, 0.05) is 13.1 Å². The van der Waals surface area contributed by atoms with Crippen LogP contribution >= 0.6 is 0 Å². The number of carbonyl (C=O) groups excluding carboxylic acids is 3. The fourth-order valence-electron chi connectivity index (χ4n) is 3.66. The summed E-state index contributed by atoms with van der Waals surface area (Å²) in [4.78, 5) is 55.2. The SMILES string of the molecule is CCC(C)C(N)C(=O)NC(C(=O)N1CCCC1C(=O)NC(CCCN=C(N)N)C(=O)O)C(C)O. The molecular formula is C21H39N7O6. The zero-order valence-corrected chi connectivity index (χ0v) is 20.1. The molecular weight excluding hydrogens is 446 g/mol. The fourth-order valence-corrected chi connectivity index (χ4v) is 3.66. The lowest BCUT2D eigenvalue weighted by molar-refractivity contribution is -0.146. The van der Waals surface area contributed by atoms with Crippen LogP contribution in [-0.4, -0.2) is 88.1 Å². The minimum Gasteiger partial charge on any atom is -0.480 e. The predicted molar refractivity (Wildman–Crippen MR) is 125 cm³/mol. The number of nitrogens with zero attached hydrogens (tertiary/aromatic N) is 2. The topological polar surface area (TPSA) is 226 Å². The maximum atomic E-state index is 13.2. The number of carboxylic acid groups (broad SMARTS) is 1. The van der Waals surface area contributed by atoms with Crippen LogP contribution in [0.15, 0.2) is 4.99 Å². The lowest BCUT2D eigenvalue weighted by atomic mass is 9.98. The molecule has 1 heterocycles. The normalized spacial score (nSPS) is 19.9. The molecule has 1 saturated heterocycles. The van der Waals surface area contributed by atoms with Gasteiger partial charge in [-0.05, 0) is 38.5 Å². The number of aliphatic hydroxyl groups is 1. The monoisotopic (exact) mass is 485 g/mol. The van der Waals surface area contributed by atoms with E-state index in [4.69, 9.17) is 17.2 Å². The van der Waals surface area contributed by atoms with Crippen molar-refractivity contribution in [2.75, 3.05) is 13.1 Å². The van der Waals surface area contributed by atoms with Gasteiger partial charge < -0.3 is 42.9 Å².